The van der Waals surface area contributed by atoms with Gasteiger partial charge in [-0.2, -0.15) is 0 Å². The summed E-state index contributed by atoms with van der Waals surface area (Å²) in [6, 6.07) is 1.39. The second-order valence-corrected chi connectivity index (χ2v) is 3.21. The van der Waals surface area contributed by atoms with Gasteiger partial charge in [0.05, 0.1) is 5.39 Å². The lowest BCUT2D eigenvalue weighted by Gasteiger charge is -2.00. The quantitative estimate of drug-likeness (QED) is 0.721. The van der Waals surface area contributed by atoms with Crippen LogP contribution in [0.15, 0.2) is 23.1 Å². The van der Waals surface area contributed by atoms with Crippen LogP contribution in [0.5, 0.6) is 5.75 Å². The van der Waals surface area contributed by atoms with Crippen molar-refractivity contribution < 1.29 is 9.50 Å². The highest BCUT2D eigenvalue weighted by Crippen LogP contribution is 2.26. The molecule has 0 bridgehead atoms. The van der Waals surface area contributed by atoms with E-state index in [1.54, 1.807) is 0 Å². The summed E-state index contributed by atoms with van der Waals surface area (Å²) in [5, 5.41) is 9.63. The van der Waals surface area contributed by atoms with Crippen molar-refractivity contribution in [3.05, 3.63) is 28.9 Å². The highest BCUT2D eigenvalue weighted by molar-refractivity contribution is 9.10. The standard InChI is InChI=1S/C8H4BrFN2O/c9-8-6(10)7-4(3-12-8)5(13)1-2-11-7/h1-3H,(H,11,13). The smallest absolute Gasteiger partial charge is 0.182 e. The third-order valence-corrected chi connectivity index (χ3v) is 2.22. The van der Waals surface area contributed by atoms with E-state index >= 15 is 0 Å². The lowest BCUT2D eigenvalue weighted by molar-refractivity contribution is 0.480. The number of rotatable bonds is 0. The molecule has 0 unspecified atom stereocenters. The van der Waals surface area contributed by atoms with Crippen LogP contribution in [0.3, 0.4) is 0 Å². The second-order valence-electron chi connectivity index (χ2n) is 2.46. The van der Waals surface area contributed by atoms with Gasteiger partial charge in [-0.3, -0.25) is 4.98 Å². The normalized spacial score (nSPS) is 10.6. The lowest BCUT2D eigenvalue weighted by atomic mass is 10.2. The number of nitrogens with zero attached hydrogens (tertiary/aromatic N) is 2. The van der Waals surface area contributed by atoms with Gasteiger partial charge >= 0.3 is 0 Å². The van der Waals surface area contributed by atoms with Crippen LogP contribution in [0.1, 0.15) is 0 Å². The van der Waals surface area contributed by atoms with Crippen molar-refractivity contribution in [1.29, 1.82) is 0 Å². The number of hydrogen-bond acceptors (Lipinski definition) is 3. The fourth-order valence-corrected chi connectivity index (χ4v) is 1.33. The minimum absolute atomic E-state index is 0.0242. The maximum Gasteiger partial charge on any atom is 0.182 e. The van der Waals surface area contributed by atoms with E-state index in [1.165, 1.54) is 18.5 Å². The predicted molar refractivity (Wildman–Crippen MR) is 48.9 cm³/mol. The van der Waals surface area contributed by atoms with E-state index in [4.69, 9.17) is 0 Å². The van der Waals surface area contributed by atoms with E-state index in [2.05, 4.69) is 25.9 Å². The highest BCUT2D eigenvalue weighted by Gasteiger charge is 2.09. The number of aromatic nitrogens is 2. The minimum atomic E-state index is -0.562. The molecule has 2 heterocycles. The molecule has 0 saturated carbocycles. The molecule has 0 radical (unpaired) electrons. The van der Waals surface area contributed by atoms with Crippen molar-refractivity contribution in [1.82, 2.24) is 9.97 Å². The van der Waals surface area contributed by atoms with E-state index in [-0.39, 0.29) is 15.9 Å². The first kappa shape index (κ1) is 8.37. The van der Waals surface area contributed by atoms with Gasteiger partial charge in [-0.05, 0) is 22.0 Å². The number of aromatic hydroxyl groups is 1. The van der Waals surface area contributed by atoms with Crippen LogP contribution in [-0.2, 0) is 0 Å². The van der Waals surface area contributed by atoms with Gasteiger partial charge in [0.25, 0.3) is 0 Å². The van der Waals surface area contributed by atoms with Crippen LogP contribution in [0.2, 0.25) is 0 Å². The summed E-state index contributed by atoms with van der Waals surface area (Å²) < 4.78 is 13.4. The molecule has 5 heteroatoms. The monoisotopic (exact) mass is 242 g/mol. The van der Waals surface area contributed by atoms with Gasteiger partial charge in [0.2, 0.25) is 0 Å². The van der Waals surface area contributed by atoms with Gasteiger partial charge in [-0.25, -0.2) is 9.37 Å². The van der Waals surface area contributed by atoms with Crippen molar-refractivity contribution >= 4 is 26.8 Å². The Bertz CT molecular complexity index is 475. The molecule has 0 aliphatic carbocycles. The van der Waals surface area contributed by atoms with Crippen molar-refractivity contribution in [2.45, 2.75) is 0 Å². The summed E-state index contributed by atoms with van der Waals surface area (Å²) in [4.78, 5) is 7.51. The molecule has 2 rings (SSSR count). The van der Waals surface area contributed by atoms with Gasteiger partial charge in [0.15, 0.2) is 5.82 Å². The average molecular weight is 243 g/mol. The molecule has 0 amide bonds. The fourth-order valence-electron chi connectivity index (χ4n) is 1.04. The Morgan fingerprint density at radius 3 is 2.92 bits per heavy atom. The Kier molecular flexibility index (Phi) is 1.88. The Morgan fingerprint density at radius 2 is 2.15 bits per heavy atom. The summed E-state index contributed by atoms with van der Waals surface area (Å²) >= 11 is 2.93. The molecule has 2 aromatic rings. The zero-order valence-electron chi connectivity index (χ0n) is 6.33. The molecule has 66 valence electrons. The summed E-state index contributed by atoms with van der Waals surface area (Å²) in [7, 11) is 0. The Hall–Kier alpha value is -1.23. The Labute approximate surface area is 81.4 Å². The van der Waals surface area contributed by atoms with Crippen molar-refractivity contribution in [2.75, 3.05) is 0 Å². The second kappa shape index (κ2) is 2.92. The predicted octanol–water partition coefficient (Wildman–Crippen LogP) is 2.24. The number of pyridine rings is 2. The van der Waals surface area contributed by atoms with E-state index in [0.29, 0.717) is 5.39 Å². The maximum atomic E-state index is 13.3. The summed E-state index contributed by atoms with van der Waals surface area (Å²) in [5.41, 5.74) is 0.113. The molecular formula is C8H4BrFN2O. The van der Waals surface area contributed by atoms with Gasteiger partial charge in [-0.15, -0.1) is 0 Å². The molecule has 0 fully saturated rings. The van der Waals surface area contributed by atoms with Crippen molar-refractivity contribution in [3.8, 4) is 5.75 Å². The van der Waals surface area contributed by atoms with Gasteiger partial charge in [-0.1, -0.05) is 0 Å². The van der Waals surface area contributed by atoms with Gasteiger partial charge in [0, 0.05) is 12.4 Å². The molecule has 1 N–H and O–H groups in total. The summed E-state index contributed by atoms with van der Waals surface area (Å²) in [5.74, 6) is -0.586. The Balaban J connectivity index is 2.94. The number of halogens is 2. The van der Waals surface area contributed by atoms with Crippen LogP contribution in [0, 0.1) is 5.82 Å². The molecule has 2 aromatic heterocycles. The largest absolute Gasteiger partial charge is 0.507 e. The van der Waals surface area contributed by atoms with Crippen LogP contribution in [0.25, 0.3) is 10.9 Å². The van der Waals surface area contributed by atoms with E-state index < -0.39 is 5.82 Å². The molecule has 0 atom stereocenters. The zero-order valence-corrected chi connectivity index (χ0v) is 7.92. The van der Waals surface area contributed by atoms with Crippen LogP contribution >= 0.6 is 15.9 Å². The third-order valence-electron chi connectivity index (χ3n) is 1.66. The highest BCUT2D eigenvalue weighted by atomic mass is 79.9. The number of fused-ring (bicyclic) bond motifs is 1. The van der Waals surface area contributed by atoms with Crippen LogP contribution in [0.4, 0.5) is 4.39 Å². The molecule has 0 spiro atoms. The maximum absolute atomic E-state index is 13.3. The molecule has 3 nitrogen and oxygen atoms in total. The first-order chi connectivity index (χ1) is 6.20. The van der Waals surface area contributed by atoms with Crippen LogP contribution in [-0.4, -0.2) is 15.1 Å². The van der Waals surface area contributed by atoms with E-state index in [1.807, 2.05) is 0 Å². The minimum Gasteiger partial charge on any atom is -0.507 e. The van der Waals surface area contributed by atoms with E-state index in [0.717, 1.165) is 0 Å². The SMILES string of the molecule is Oc1ccnc2c(F)c(Br)ncc12. The summed E-state index contributed by atoms with van der Waals surface area (Å²) in [6.45, 7) is 0. The molecule has 0 saturated heterocycles. The topological polar surface area (TPSA) is 46.0 Å². The van der Waals surface area contributed by atoms with E-state index in [9.17, 15) is 9.50 Å². The van der Waals surface area contributed by atoms with Crippen molar-refractivity contribution in [3.63, 3.8) is 0 Å². The molecule has 0 aromatic carbocycles. The van der Waals surface area contributed by atoms with Crippen LogP contribution < -0.4 is 0 Å². The first-order valence-corrected chi connectivity index (χ1v) is 4.27. The first-order valence-electron chi connectivity index (χ1n) is 3.48. The van der Waals surface area contributed by atoms with Crippen molar-refractivity contribution in [2.24, 2.45) is 0 Å². The molecular weight excluding hydrogens is 239 g/mol. The lowest BCUT2D eigenvalue weighted by Crippen LogP contribution is -1.88. The summed E-state index contributed by atoms with van der Waals surface area (Å²) in [6.07, 6.45) is 2.71. The zero-order chi connectivity index (χ0) is 9.42. The fraction of sp³-hybridized carbons (Fsp3) is 0. The van der Waals surface area contributed by atoms with Gasteiger partial charge < -0.3 is 5.11 Å². The third kappa shape index (κ3) is 1.25. The average Bonchev–Trinajstić information content (AvgIpc) is 2.12. The molecule has 0 aliphatic heterocycles. The molecule has 13 heavy (non-hydrogen) atoms. The number of hydrogen-bond donors (Lipinski definition) is 1. The molecule has 0 aliphatic rings. The Morgan fingerprint density at radius 1 is 1.38 bits per heavy atom. The van der Waals surface area contributed by atoms with Gasteiger partial charge in [0.1, 0.15) is 15.9 Å².